The lowest BCUT2D eigenvalue weighted by Gasteiger charge is -2.17. The quantitative estimate of drug-likeness (QED) is 0.833. The molecule has 0 radical (unpaired) electrons. The number of benzene rings is 2. The van der Waals surface area contributed by atoms with E-state index in [9.17, 15) is 0 Å². The minimum absolute atomic E-state index is 0.797. The molecule has 0 spiro atoms. The van der Waals surface area contributed by atoms with E-state index in [4.69, 9.17) is 5.73 Å². The third-order valence-corrected chi connectivity index (χ3v) is 3.81. The van der Waals surface area contributed by atoms with Crippen LogP contribution in [0.4, 0.5) is 17.1 Å². The fourth-order valence-electron chi connectivity index (χ4n) is 2.61. The van der Waals surface area contributed by atoms with E-state index >= 15 is 0 Å². The summed E-state index contributed by atoms with van der Waals surface area (Å²) in [6, 6.07) is 16.7. The third-order valence-electron chi connectivity index (χ3n) is 3.81. The number of nitrogens with zero attached hydrogens (tertiary/aromatic N) is 1. The Bertz CT molecular complexity index is 539. The average Bonchev–Trinajstić information content (AvgIpc) is 3.01. The van der Waals surface area contributed by atoms with Gasteiger partial charge in [-0.25, -0.2) is 0 Å². The Balaban J connectivity index is 1.59. The van der Waals surface area contributed by atoms with E-state index in [0.717, 1.165) is 17.9 Å². The number of rotatable bonds is 4. The van der Waals surface area contributed by atoms with Crippen LogP contribution < -0.4 is 16.0 Å². The smallest absolute Gasteiger partial charge is 0.0400 e. The maximum Gasteiger partial charge on any atom is 0.0400 e. The Morgan fingerprint density at radius 1 is 0.900 bits per heavy atom. The zero-order valence-corrected chi connectivity index (χ0v) is 11.7. The number of hydrogen-bond donors (Lipinski definition) is 2. The molecule has 2 aromatic rings. The van der Waals surface area contributed by atoms with E-state index in [0.29, 0.717) is 0 Å². The fourth-order valence-corrected chi connectivity index (χ4v) is 2.61. The van der Waals surface area contributed by atoms with Crippen LogP contribution in [0.1, 0.15) is 18.4 Å². The second-order valence-corrected chi connectivity index (χ2v) is 5.34. The minimum Gasteiger partial charge on any atom is -0.399 e. The van der Waals surface area contributed by atoms with Crippen molar-refractivity contribution in [1.82, 2.24) is 0 Å². The zero-order valence-electron chi connectivity index (χ0n) is 11.7. The topological polar surface area (TPSA) is 41.3 Å². The van der Waals surface area contributed by atoms with Gasteiger partial charge in [-0.2, -0.15) is 0 Å². The molecule has 1 fully saturated rings. The van der Waals surface area contributed by atoms with Gasteiger partial charge in [-0.3, -0.25) is 0 Å². The highest BCUT2D eigenvalue weighted by Crippen LogP contribution is 2.21. The summed E-state index contributed by atoms with van der Waals surface area (Å²) in [5, 5.41) is 3.41. The van der Waals surface area contributed by atoms with Crippen molar-refractivity contribution in [3.8, 4) is 0 Å². The zero-order chi connectivity index (χ0) is 13.8. The van der Waals surface area contributed by atoms with E-state index in [-0.39, 0.29) is 0 Å². The monoisotopic (exact) mass is 267 g/mol. The van der Waals surface area contributed by atoms with Gasteiger partial charge in [-0.1, -0.05) is 12.1 Å². The van der Waals surface area contributed by atoms with Crippen LogP contribution in [0.2, 0.25) is 0 Å². The molecule has 2 aromatic carbocycles. The van der Waals surface area contributed by atoms with Crippen molar-refractivity contribution in [3.63, 3.8) is 0 Å². The van der Waals surface area contributed by atoms with Crippen LogP contribution in [-0.2, 0) is 6.54 Å². The Kier molecular flexibility index (Phi) is 3.77. The van der Waals surface area contributed by atoms with Gasteiger partial charge in [-0.15, -0.1) is 0 Å². The highest BCUT2D eigenvalue weighted by molar-refractivity contribution is 5.52. The van der Waals surface area contributed by atoms with Crippen molar-refractivity contribution in [3.05, 3.63) is 54.1 Å². The van der Waals surface area contributed by atoms with E-state index in [2.05, 4.69) is 34.5 Å². The lowest BCUT2D eigenvalue weighted by atomic mass is 10.2. The molecule has 0 saturated carbocycles. The summed E-state index contributed by atoms with van der Waals surface area (Å²) in [5.74, 6) is 0. The van der Waals surface area contributed by atoms with Crippen molar-refractivity contribution in [2.75, 3.05) is 29.0 Å². The SMILES string of the molecule is Nc1ccc(NCc2ccc(N3CCCC3)cc2)cc1. The molecule has 1 saturated heterocycles. The van der Waals surface area contributed by atoms with Gasteiger partial charge in [0.25, 0.3) is 0 Å². The van der Waals surface area contributed by atoms with Gasteiger partial charge in [0.05, 0.1) is 0 Å². The van der Waals surface area contributed by atoms with Crippen LogP contribution in [0.25, 0.3) is 0 Å². The predicted molar refractivity (Wildman–Crippen MR) is 86.1 cm³/mol. The fraction of sp³-hybridized carbons (Fsp3) is 0.294. The lowest BCUT2D eigenvalue weighted by Crippen LogP contribution is -2.17. The Morgan fingerprint density at radius 2 is 1.55 bits per heavy atom. The Hall–Kier alpha value is -2.16. The normalized spacial score (nSPS) is 14.5. The van der Waals surface area contributed by atoms with Crippen molar-refractivity contribution < 1.29 is 0 Å². The molecule has 0 aromatic heterocycles. The minimum atomic E-state index is 0.797. The maximum absolute atomic E-state index is 5.68. The van der Waals surface area contributed by atoms with Crippen LogP contribution in [0.15, 0.2) is 48.5 Å². The van der Waals surface area contributed by atoms with E-state index in [1.54, 1.807) is 0 Å². The molecule has 20 heavy (non-hydrogen) atoms. The summed E-state index contributed by atoms with van der Waals surface area (Å²) in [4.78, 5) is 2.46. The molecule has 3 nitrogen and oxygen atoms in total. The molecule has 0 atom stereocenters. The summed E-state index contributed by atoms with van der Waals surface area (Å²) in [6.45, 7) is 3.23. The van der Waals surface area contributed by atoms with Gasteiger partial charge in [0.2, 0.25) is 0 Å². The lowest BCUT2D eigenvalue weighted by molar-refractivity contribution is 0.949. The first-order chi connectivity index (χ1) is 9.81. The van der Waals surface area contributed by atoms with E-state index in [1.807, 2.05) is 24.3 Å². The first-order valence-electron chi connectivity index (χ1n) is 7.24. The molecular weight excluding hydrogens is 246 g/mol. The first-order valence-corrected chi connectivity index (χ1v) is 7.24. The standard InChI is InChI=1S/C17H21N3/c18-15-5-7-16(8-6-15)19-13-14-3-9-17(10-4-14)20-11-1-2-12-20/h3-10,19H,1-2,11-13,18H2. The predicted octanol–water partition coefficient (Wildman–Crippen LogP) is 3.48. The molecule has 3 heteroatoms. The molecular formula is C17H21N3. The molecule has 0 aliphatic carbocycles. The first kappa shape index (κ1) is 12.9. The van der Waals surface area contributed by atoms with Gasteiger partial charge in [-0.05, 0) is 54.8 Å². The molecule has 0 unspecified atom stereocenters. The van der Waals surface area contributed by atoms with Crippen molar-refractivity contribution in [2.24, 2.45) is 0 Å². The second kappa shape index (κ2) is 5.87. The average molecular weight is 267 g/mol. The van der Waals surface area contributed by atoms with Crippen molar-refractivity contribution >= 4 is 17.1 Å². The second-order valence-electron chi connectivity index (χ2n) is 5.34. The van der Waals surface area contributed by atoms with Crippen LogP contribution in [0, 0.1) is 0 Å². The van der Waals surface area contributed by atoms with Crippen LogP contribution >= 0.6 is 0 Å². The summed E-state index contributed by atoms with van der Waals surface area (Å²) in [5.41, 5.74) is 10.2. The Labute approximate surface area is 120 Å². The van der Waals surface area contributed by atoms with Crippen LogP contribution in [0.5, 0.6) is 0 Å². The van der Waals surface area contributed by atoms with Crippen molar-refractivity contribution in [2.45, 2.75) is 19.4 Å². The molecule has 1 aliphatic heterocycles. The molecule has 3 N–H and O–H groups in total. The number of nitrogen functional groups attached to an aromatic ring is 1. The number of anilines is 3. The van der Waals surface area contributed by atoms with Crippen molar-refractivity contribution in [1.29, 1.82) is 0 Å². The highest BCUT2D eigenvalue weighted by Gasteiger charge is 2.11. The van der Waals surface area contributed by atoms with Gasteiger partial charge in [0, 0.05) is 36.7 Å². The van der Waals surface area contributed by atoms with Crippen LogP contribution in [-0.4, -0.2) is 13.1 Å². The largest absolute Gasteiger partial charge is 0.399 e. The summed E-state index contributed by atoms with van der Waals surface area (Å²) in [7, 11) is 0. The number of nitrogens with two attached hydrogens (primary N) is 1. The molecule has 3 rings (SSSR count). The summed E-state index contributed by atoms with van der Waals surface area (Å²) in [6.07, 6.45) is 2.64. The Morgan fingerprint density at radius 3 is 2.20 bits per heavy atom. The summed E-state index contributed by atoms with van der Waals surface area (Å²) >= 11 is 0. The van der Waals surface area contributed by atoms with Gasteiger partial charge in [0.15, 0.2) is 0 Å². The summed E-state index contributed by atoms with van der Waals surface area (Å²) < 4.78 is 0. The van der Waals surface area contributed by atoms with E-state index < -0.39 is 0 Å². The van der Waals surface area contributed by atoms with Crippen LogP contribution in [0.3, 0.4) is 0 Å². The van der Waals surface area contributed by atoms with Gasteiger partial charge < -0.3 is 16.0 Å². The molecule has 0 amide bonds. The highest BCUT2D eigenvalue weighted by atomic mass is 15.1. The van der Waals surface area contributed by atoms with E-state index in [1.165, 1.54) is 37.2 Å². The maximum atomic E-state index is 5.68. The molecule has 1 heterocycles. The molecule has 104 valence electrons. The number of hydrogen-bond acceptors (Lipinski definition) is 3. The molecule has 1 aliphatic rings. The number of nitrogens with one attached hydrogen (secondary N) is 1. The van der Waals surface area contributed by atoms with Gasteiger partial charge in [0.1, 0.15) is 0 Å². The van der Waals surface area contributed by atoms with Gasteiger partial charge >= 0.3 is 0 Å². The third kappa shape index (κ3) is 3.05. The molecule has 0 bridgehead atoms.